The molecule has 2 aromatic rings. The molecule has 0 atom stereocenters. The number of nitrogens with two attached hydrogens (primary N) is 1. The van der Waals surface area contributed by atoms with Crippen LogP contribution in [0, 0.1) is 12.3 Å². The predicted molar refractivity (Wildman–Crippen MR) is 118 cm³/mol. The summed E-state index contributed by atoms with van der Waals surface area (Å²) in [7, 11) is 1.50. The normalized spacial score (nSPS) is 17.9. The van der Waals surface area contributed by atoms with E-state index in [0.29, 0.717) is 26.8 Å². The van der Waals surface area contributed by atoms with Gasteiger partial charge >= 0.3 is 0 Å². The van der Waals surface area contributed by atoms with Crippen molar-refractivity contribution in [3.63, 3.8) is 0 Å². The Hall–Kier alpha value is -1.44. The summed E-state index contributed by atoms with van der Waals surface area (Å²) in [6.45, 7) is 5.29. The van der Waals surface area contributed by atoms with Crippen LogP contribution < -0.4 is 10.6 Å². The third-order valence-corrected chi connectivity index (χ3v) is 6.61. The highest BCUT2D eigenvalue weighted by Gasteiger charge is 2.38. The number of aromatic nitrogens is 2. The van der Waals surface area contributed by atoms with Crippen molar-refractivity contribution in [1.82, 2.24) is 9.97 Å². The molecule has 0 unspecified atom stereocenters. The molecular weight excluding hydrogens is 411 g/mol. The van der Waals surface area contributed by atoms with Crippen molar-refractivity contribution in [2.75, 3.05) is 38.3 Å². The lowest BCUT2D eigenvalue weighted by Crippen LogP contribution is -2.41. The van der Waals surface area contributed by atoms with E-state index in [-0.39, 0.29) is 6.61 Å². The molecule has 29 heavy (non-hydrogen) atoms. The number of benzene rings is 1. The lowest BCUT2D eigenvalue weighted by Gasteiger charge is -2.39. The maximum Gasteiger partial charge on any atom is 0.153 e. The van der Waals surface area contributed by atoms with Gasteiger partial charge in [-0.1, -0.05) is 35.3 Å². The van der Waals surface area contributed by atoms with Crippen LogP contribution in [0.4, 0.5) is 5.82 Å². The van der Waals surface area contributed by atoms with E-state index < -0.39 is 0 Å². The second-order valence-electron chi connectivity index (χ2n) is 7.48. The minimum absolute atomic E-state index is 0.168. The first kappa shape index (κ1) is 22.2. The van der Waals surface area contributed by atoms with Crippen molar-refractivity contribution in [2.24, 2.45) is 11.1 Å². The Morgan fingerprint density at radius 2 is 1.90 bits per heavy atom. The van der Waals surface area contributed by atoms with Crippen LogP contribution in [0.2, 0.25) is 10.0 Å². The van der Waals surface area contributed by atoms with Crippen LogP contribution in [0.15, 0.2) is 18.2 Å². The average molecular weight is 439 g/mol. The van der Waals surface area contributed by atoms with Crippen molar-refractivity contribution in [3.05, 3.63) is 39.6 Å². The summed E-state index contributed by atoms with van der Waals surface area (Å²) in [6.07, 6.45) is 3.31. The van der Waals surface area contributed by atoms with Gasteiger partial charge in [-0.15, -0.1) is 0 Å². The van der Waals surface area contributed by atoms with E-state index in [1.54, 1.807) is 6.07 Å². The molecule has 6 nitrogen and oxygen atoms in total. The van der Waals surface area contributed by atoms with Gasteiger partial charge in [0.2, 0.25) is 0 Å². The number of ether oxygens (including phenoxy) is 1. The van der Waals surface area contributed by atoms with E-state index in [0.717, 1.165) is 62.6 Å². The second kappa shape index (κ2) is 9.58. The number of piperidine rings is 1. The van der Waals surface area contributed by atoms with Crippen molar-refractivity contribution in [1.29, 1.82) is 0 Å². The summed E-state index contributed by atoms with van der Waals surface area (Å²) in [6, 6.07) is 5.45. The van der Waals surface area contributed by atoms with Gasteiger partial charge in [0.25, 0.3) is 0 Å². The number of aliphatic hydroxyl groups is 1. The summed E-state index contributed by atoms with van der Waals surface area (Å²) >= 11 is 12.5. The second-order valence-corrected chi connectivity index (χ2v) is 8.26. The molecule has 1 spiro atoms. The first-order chi connectivity index (χ1) is 14.0. The lowest BCUT2D eigenvalue weighted by molar-refractivity contribution is 0.133. The van der Waals surface area contributed by atoms with Crippen LogP contribution >= 0.6 is 23.2 Å². The first-order valence-corrected chi connectivity index (χ1v) is 10.6. The first-order valence-electron chi connectivity index (χ1n) is 9.86. The fourth-order valence-corrected chi connectivity index (χ4v) is 4.47. The Kier molecular flexibility index (Phi) is 7.35. The molecule has 3 heterocycles. The van der Waals surface area contributed by atoms with Gasteiger partial charge in [-0.3, -0.25) is 0 Å². The van der Waals surface area contributed by atoms with E-state index in [2.05, 4.69) is 10.6 Å². The number of rotatable bonds is 3. The molecule has 0 aliphatic carbocycles. The Bertz CT molecular complexity index is 847. The molecule has 1 aromatic carbocycles. The topological polar surface area (TPSA) is 84.5 Å². The number of aliphatic hydroxyl groups excluding tert-OH is 1. The Balaban J connectivity index is 0.00000117. The van der Waals surface area contributed by atoms with Crippen LogP contribution in [0.5, 0.6) is 0 Å². The van der Waals surface area contributed by atoms with E-state index in [9.17, 15) is 5.11 Å². The molecule has 0 saturated carbocycles. The molecule has 0 radical (unpaired) electrons. The number of aryl methyl sites for hydroxylation is 1. The summed E-state index contributed by atoms with van der Waals surface area (Å²) in [5, 5.41) is 10.9. The van der Waals surface area contributed by atoms with Crippen molar-refractivity contribution >= 4 is 29.0 Å². The standard InChI is InChI=1S/C20H23Cl2N3O2.CH5N/c1-13-18(14-3-2-4-15(21)17(14)22)24-16(11-26)19(23-13)25-8-5-20(6-9-25)7-10-27-12-20;1-2/h2-4,26H,5-12H2,1H3;2H2,1H3. The van der Waals surface area contributed by atoms with E-state index in [4.69, 9.17) is 37.9 Å². The minimum Gasteiger partial charge on any atom is -0.390 e. The summed E-state index contributed by atoms with van der Waals surface area (Å²) < 4.78 is 5.62. The third-order valence-electron chi connectivity index (χ3n) is 5.79. The van der Waals surface area contributed by atoms with Gasteiger partial charge in [0.15, 0.2) is 5.82 Å². The van der Waals surface area contributed by atoms with Gasteiger partial charge in [-0.2, -0.15) is 0 Å². The molecule has 2 aliphatic rings. The monoisotopic (exact) mass is 438 g/mol. The van der Waals surface area contributed by atoms with Gasteiger partial charge in [0, 0.05) is 25.3 Å². The quantitative estimate of drug-likeness (QED) is 0.756. The number of halogens is 2. The largest absolute Gasteiger partial charge is 0.390 e. The fourth-order valence-electron chi connectivity index (χ4n) is 4.08. The van der Waals surface area contributed by atoms with Crippen LogP contribution in [0.3, 0.4) is 0 Å². The van der Waals surface area contributed by atoms with Crippen LogP contribution in [-0.4, -0.2) is 48.4 Å². The van der Waals surface area contributed by atoms with Gasteiger partial charge < -0.3 is 20.5 Å². The van der Waals surface area contributed by atoms with Gasteiger partial charge in [-0.05, 0) is 44.7 Å². The van der Waals surface area contributed by atoms with Crippen LogP contribution in [0.1, 0.15) is 30.7 Å². The number of hydrogen-bond donors (Lipinski definition) is 2. The molecule has 3 N–H and O–H groups in total. The maximum absolute atomic E-state index is 9.93. The smallest absolute Gasteiger partial charge is 0.153 e. The summed E-state index contributed by atoms with van der Waals surface area (Å²) in [5.41, 5.74) is 7.57. The molecule has 1 aromatic heterocycles. The average Bonchev–Trinajstić information content (AvgIpc) is 3.20. The Morgan fingerprint density at radius 1 is 1.17 bits per heavy atom. The zero-order valence-corrected chi connectivity index (χ0v) is 18.4. The molecule has 2 fully saturated rings. The van der Waals surface area contributed by atoms with Gasteiger partial charge in [0.05, 0.1) is 34.6 Å². The zero-order chi connectivity index (χ0) is 21.0. The van der Waals surface area contributed by atoms with Crippen LogP contribution in [-0.2, 0) is 11.3 Å². The molecule has 2 saturated heterocycles. The molecule has 2 aliphatic heterocycles. The van der Waals surface area contributed by atoms with Crippen molar-refractivity contribution < 1.29 is 9.84 Å². The molecule has 4 rings (SSSR count). The van der Waals surface area contributed by atoms with E-state index in [1.165, 1.54) is 7.05 Å². The minimum atomic E-state index is -0.168. The fraction of sp³-hybridized carbons (Fsp3) is 0.524. The number of nitrogens with zero attached hydrogens (tertiary/aromatic N) is 3. The molecular formula is C21H28Cl2N4O2. The SMILES string of the molecule is CN.Cc1nc(N2CCC3(CCOC3)CC2)c(CO)nc1-c1cccc(Cl)c1Cl. The van der Waals surface area contributed by atoms with Crippen LogP contribution in [0.25, 0.3) is 11.3 Å². The van der Waals surface area contributed by atoms with Crippen molar-refractivity contribution in [2.45, 2.75) is 32.8 Å². The predicted octanol–water partition coefficient (Wildman–Crippen LogP) is 3.83. The molecule has 0 amide bonds. The van der Waals surface area contributed by atoms with Gasteiger partial charge in [-0.25, -0.2) is 9.97 Å². The Labute approximate surface area is 182 Å². The summed E-state index contributed by atoms with van der Waals surface area (Å²) in [4.78, 5) is 11.7. The van der Waals surface area contributed by atoms with Gasteiger partial charge in [0.1, 0.15) is 5.69 Å². The summed E-state index contributed by atoms with van der Waals surface area (Å²) in [5.74, 6) is 0.769. The number of anilines is 1. The molecule has 8 heteroatoms. The van der Waals surface area contributed by atoms with E-state index in [1.807, 2.05) is 19.1 Å². The number of hydrogen-bond acceptors (Lipinski definition) is 6. The molecule has 0 bridgehead atoms. The highest BCUT2D eigenvalue weighted by Crippen LogP contribution is 2.41. The zero-order valence-electron chi connectivity index (χ0n) is 16.9. The Morgan fingerprint density at radius 3 is 2.52 bits per heavy atom. The highest BCUT2D eigenvalue weighted by molar-refractivity contribution is 6.43. The lowest BCUT2D eigenvalue weighted by atomic mass is 9.78. The third kappa shape index (κ3) is 4.52. The van der Waals surface area contributed by atoms with E-state index >= 15 is 0 Å². The highest BCUT2D eigenvalue weighted by atomic mass is 35.5. The maximum atomic E-state index is 9.93. The van der Waals surface area contributed by atoms with Crippen molar-refractivity contribution in [3.8, 4) is 11.3 Å². The molecule has 158 valence electrons.